The number of benzene rings is 2. The Labute approximate surface area is 375 Å². The summed E-state index contributed by atoms with van der Waals surface area (Å²) < 4.78 is 34.5. The van der Waals surface area contributed by atoms with Gasteiger partial charge in [0.25, 0.3) is 22.2 Å². The number of anilines is 4. The zero-order valence-corrected chi connectivity index (χ0v) is 35.3. The van der Waals surface area contributed by atoms with Gasteiger partial charge in [0, 0.05) is 43.1 Å². The summed E-state index contributed by atoms with van der Waals surface area (Å²) in [5.41, 5.74) is 0.689. The maximum Gasteiger partial charge on any atom is 0.454 e. The molecule has 2 atom stereocenters. The first-order valence-corrected chi connectivity index (χ1v) is 20.5. The van der Waals surface area contributed by atoms with E-state index in [0.29, 0.717) is 21.4 Å². The van der Waals surface area contributed by atoms with Crippen LogP contribution in [0.2, 0.25) is 5.82 Å². The van der Waals surface area contributed by atoms with Gasteiger partial charge in [0.15, 0.2) is 0 Å². The second-order valence-electron chi connectivity index (χ2n) is 15.3. The van der Waals surface area contributed by atoms with Crippen LogP contribution in [-0.2, 0) is 27.2 Å². The van der Waals surface area contributed by atoms with Crippen LogP contribution in [0.15, 0.2) is 96.7 Å². The van der Waals surface area contributed by atoms with Crippen LogP contribution in [0.4, 0.5) is 31.5 Å². The lowest BCUT2D eigenvalue weighted by atomic mass is 9.84. The van der Waals surface area contributed by atoms with E-state index in [1.165, 1.54) is 68.0 Å². The Morgan fingerprint density at radius 1 is 0.672 bits per heavy atom. The molecule has 344 valence electrons. The van der Waals surface area contributed by atoms with Crippen molar-refractivity contribution in [2.45, 2.75) is 77.6 Å². The number of aliphatic hydroxyl groups is 4. The molecule has 4 aromatic heterocycles. The lowest BCUT2D eigenvalue weighted by Crippen LogP contribution is -2.30. The Hall–Kier alpha value is -5.48. The molecule has 6 aromatic rings. The quantitative estimate of drug-likeness (QED) is 0.0798. The molecule has 8 rings (SSSR count). The molecule has 8 N–H and O–H groups in total. The van der Waals surface area contributed by atoms with E-state index in [1.807, 2.05) is 6.07 Å². The first kappa shape index (κ1) is 51.2. The van der Waals surface area contributed by atoms with Crippen LogP contribution in [0, 0.1) is 11.6 Å². The number of pyridine rings is 4. The summed E-state index contributed by atoms with van der Waals surface area (Å²) in [5.74, 6) is -0.376. The van der Waals surface area contributed by atoms with E-state index in [0.717, 1.165) is 31.2 Å². The Balaban J connectivity index is 0.000000241. The van der Waals surface area contributed by atoms with Crippen molar-refractivity contribution < 1.29 is 39.3 Å². The molecule has 0 bridgehead atoms. The second-order valence-corrected chi connectivity index (χ2v) is 16.2. The van der Waals surface area contributed by atoms with E-state index >= 15 is 0 Å². The van der Waals surface area contributed by atoms with Crippen LogP contribution in [0.25, 0.3) is 21.8 Å². The fourth-order valence-electron chi connectivity index (χ4n) is 6.65. The molecule has 2 aliphatic carbocycles. The summed E-state index contributed by atoms with van der Waals surface area (Å²) in [6.45, 7) is -1.19. The van der Waals surface area contributed by atoms with Gasteiger partial charge in [0.05, 0.1) is 83.1 Å². The standard InChI is InChI=1S/C21H22FN3O4.C18H17BrFN3O4.C3H7BO2.2CH4/c1-24-18-6-7-25(10-14(27)11-26)21(29)20(18)17(9-19(24)28)23-16-5-4-13(8-15(16)22)12-2-3-12;1-22-15-4-5-23(8-11(25)9-24)18(27)17(15)14(7-16(22)26)21-13-3-2-10(19)6-12(13)20;5-4(6)3-1-2-3;;/h4-9,12,14,23,26-27H,2-3,10-11H2,1H3;2-7,11,21,24-25H,8-9H2,1H3;3,5-6H,1-2H2;2*1H4/t14-;11-;;;/m11.../s1. The monoisotopic (exact) mass is 954 g/mol. The van der Waals surface area contributed by atoms with Gasteiger partial charge in [-0.25, -0.2) is 8.78 Å². The average molecular weight is 956 g/mol. The first-order valence-electron chi connectivity index (χ1n) is 19.7. The molecule has 0 unspecified atom stereocenters. The minimum atomic E-state index is -1.10. The molecule has 2 fully saturated rings. The van der Waals surface area contributed by atoms with Crippen molar-refractivity contribution in [1.82, 2.24) is 18.3 Å². The van der Waals surface area contributed by atoms with E-state index in [-0.39, 0.29) is 78.4 Å². The summed E-state index contributed by atoms with van der Waals surface area (Å²) >= 11 is 3.17. The molecular formula is C44H54BBrF2N6O10. The van der Waals surface area contributed by atoms with Crippen LogP contribution in [-0.4, -0.2) is 81.3 Å². The summed E-state index contributed by atoms with van der Waals surface area (Å²) in [5, 5.41) is 60.0. The van der Waals surface area contributed by atoms with E-state index < -0.39 is 55.3 Å². The number of halogens is 3. The lowest BCUT2D eigenvalue weighted by Gasteiger charge is -2.16. The number of nitrogens with zero attached hydrogens (tertiary/aromatic N) is 4. The number of aliphatic hydroxyl groups excluding tert-OH is 4. The van der Waals surface area contributed by atoms with E-state index in [2.05, 4.69) is 26.6 Å². The molecular weight excluding hydrogens is 901 g/mol. The number of rotatable bonds is 12. The van der Waals surface area contributed by atoms with Crippen LogP contribution in [0.5, 0.6) is 0 Å². The van der Waals surface area contributed by atoms with Crippen molar-refractivity contribution in [3.63, 3.8) is 0 Å². The Kier molecular flexibility index (Phi) is 17.5. The van der Waals surface area contributed by atoms with Gasteiger partial charge in [-0.05, 0) is 72.6 Å². The molecule has 2 aliphatic rings. The van der Waals surface area contributed by atoms with Gasteiger partial charge < -0.3 is 59.4 Å². The number of fused-ring (bicyclic) bond motifs is 2. The lowest BCUT2D eigenvalue weighted by molar-refractivity contribution is 0.0805. The van der Waals surface area contributed by atoms with Gasteiger partial charge in [-0.2, -0.15) is 0 Å². The van der Waals surface area contributed by atoms with Gasteiger partial charge in [-0.3, -0.25) is 19.2 Å². The van der Waals surface area contributed by atoms with Crippen LogP contribution in [0.3, 0.4) is 0 Å². The molecule has 0 spiro atoms. The molecule has 20 heteroatoms. The van der Waals surface area contributed by atoms with Crippen molar-refractivity contribution in [1.29, 1.82) is 0 Å². The van der Waals surface area contributed by atoms with Crippen molar-refractivity contribution in [2.24, 2.45) is 14.1 Å². The average Bonchev–Trinajstić information content (AvgIpc) is 4.17. The number of nitrogens with one attached hydrogen (secondary N) is 2. The molecule has 0 aliphatic heterocycles. The summed E-state index contributed by atoms with van der Waals surface area (Å²) in [4.78, 5) is 50.5. The van der Waals surface area contributed by atoms with E-state index in [9.17, 15) is 38.2 Å². The molecule has 2 saturated carbocycles. The Morgan fingerprint density at radius 3 is 1.47 bits per heavy atom. The SMILES string of the molecule is C.C.Cn1c(=O)cc(Nc2ccc(Br)cc2F)c2c(=O)n(C[C@@H](O)CO)ccc21.Cn1c(=O)cc(Nc2ccc(C3CC3)cc2F)c2c(=O)n(C[C@@H](O)CO)ccc21.OB(O)C1CC1. The van der Waals surface area contributed by atoms with E-state index in [1.54, 1.807) is 31.3 Å². The van der Waals surface area contributed by atoms with Gasteiger partial charge in [0.2, 0.25) is 0 Å². The minimum Gasteiger partial charge on any atom is -0.427 e. The summed E-state index contributed by atoms with van der Waals surface area (Å²) in [6.07, 6.45) is 4.81. The number of hydrogen-bond acceptors (Lipinski definition) is 12. The molecule has 0 amide bonds. The third kappa shape index (κ3) is 12.0. The van der Waals surface area contributed by atoms with Crippen molar-refractivity contribution in [3.8, 4) is 0 Å². The van der Waals surface area contributed by atoms with E-state index in [4.69, 9.17) is 20.3 Å². The maximum absolute atomic E-state index is 14.6. The zero-order chi connectivity index (χ0) is 45.0. The number of aromatic nitrogens is 4. The Bertz CT molecular complexity index is 2840. The highest BCUT2D eigenvalue weighted by molar-refractivity contribution is 9.10. The predicted molar refractivity (Wildman–Crippen MR) is 249 cm³/mol. The number of hydrogen-bond donors (Lipinski definition) is 8. The molecule has 64 heavy (non-hydrogen) atoms. The highest BCUT2D eigenvalue weighted by Gasteiger charge is 2.33. The van der Waals surface area contributed by atoms with Gasteiger partial charge in [0.1, 0.15) is 11.6 Å². The zero-order valence-electron chi connectivity index (χ0n) is 33.7. The van der Waals surface area contributed by atoms with Crippen molar-refractivity contribution in [3.05, 3.63) is 136 Å². The molecule has 16 nitrogen and oxygen atoms in total. The Morgan fingerprint density at radius 2 is 1.11 bits per heavy atom. The van der Waals surface area contributed by atoms with Crippen LogP contribution < -0.4 is 32.9 Å². The van der Waals surface area contributed by atoms with Crippen molar-refractivity contribution >= 4 is 67.6 Å². The first-order chi connectivity index (χ1) is 29.5. The highest BCUT2D eigenvalue weighted by Crippen LogP contribution is 2.41. The third-order valence-corrected chi connectivity index (χ3v) is 11.0. The fraction of sp³-hybridized carbons (Fsp3) is 0.364. The maximum atomic E-state index is 14.6. The van der Waals surface area contributed by atoms with Gasteiger partial charge >= 0.3 is 7.12 Å². The fourth-order valence-corrected chi connectivity index (χ4v) is 6.98. The second kappa shape index (κ2) is 21.9. The molecule has 0 radical (unpaired) electrons. The number of aryl methyl sites for hydroxylation is 2. The minimum absolute atomic E-state index is 0. The predicted octanol–water partition coefficient (Wildman–Crippen LogP) is 4.41. The highest BCUT2D eigenvalue weighted by atomic mass is 79.9. The third-order valence-electron chi connectivity index (χ3n) is 10.5. The topological polar surface area (TPSA) is 233 Å². The van der Waals surface area contributed by atoms with Crippen LogP contribution >= 0.6 is 15.9 Å². The molecule has 0 saturated heterocycles. The van der Waals surface area contributed by atoms with Gasteiger partial charge in [-0.15, -0.1) is 0 Å². The smallest absolute Gasteiger partial charge is 0.427 e. The summed E-state index contributed by atoms with van der Waals surface area (Å²) in [6, 6.07) is 14.9. The summed E-state index contributed by atoms with van der Waals surface area (Å²) in [7, 11) is 2.04. The normalized spacial score (nSPS) is 13.9. The molecule has 4 heterocycles. The van der Waals surface area contributed by atoms with Crippen molar-refractivity contribution in [2.75, 3.05) is 23.8 Å². The van der Waals surface area contributed by atoms with Crippen LogP contribution in [0.1, 0.15) is 52.0 Å². The van der Waals surface area contributed by atoms with Gasteiger partial charge in [-0.1, -0.05) is 49.7 Å². The largest absolute Gasteiger partial charge is 0.454 e. The molecule has 2 aromatic carbocycles.